The second-order valence-electron chi connectivity index (χ2n) is 2.49. The molecule has 0 bridgehead atoms. The third-order valence-corrected chi connectivity index (χ3v) is 1.78. The van der Waals surface area contributed by atoms with Gasteiger partial charge < -0.3 is 10.2 Å². The summed E-state index contributed by atoms with van der Waals surface area (Å²) in [7, 11) is 0. The quantitative estimate of drug-likeness (QED) is 0.482. The third-order valence-electron chi connectivity index (χ3n) is 1.78. The van der Waals surface area contributed by atoms with E-state index < -0.39 is 12.2 Å². The normalized spacial score (nSPS) is 37.7. The number of hydrogen-bond donors (Lipinski definition) is 2. The van der Waals surface area contributed by atoms with Gasteiger partial charge in [0.25, 0.3) is 0 Å². The van der Waals surface area contributed by atoms with Gasteiger partial charge in [-0.2, -0.15) is 0 Å². The largest absolute Gasteiger partial charge is 0.389 e. The highest BCUT2D eigenvalue weighted by atomic mass is 16.3. The molecular weight excluding hydrogens is 118 g/mol. The van der Waals surface area contributed by atoms with Gasteiger partial charge in [-0.3, -0.25) is 4.90 Å². The summed E-state index contributed by atoms with van der Waals surface area (Å²) in [4.78, 5) is 2.02. The lowest BCUT2D eigenvalue weighted by molar-refractivity contribution is 0.0572. The Morgan fingerprint density at radius 3 is 2.00 bits per heavy atom. The van der Waals surface area contributed by atoms with Crippen LogP contribution >= 0.6 is 0 Å². The van der Waals surface area contributed by atoms with Crippen LogP contribution in [0.1, 0.15) is 6.92 Å². The van der Waals surface area contributed by atoms with Gasteiger partial charge in [0.15, 0.2) is 0 Å². The van der Waals surface area contributed by atoms with Crippen LogP contribution in [0.5, 0.6) is 0 Å². The molecule has 54 valence electrons. The van der Waals surface area contributed by atoms with Crippen LogP contribution < -0.4 is 0 Å². The Balaban J connectivity index is 2.35. The van der Waals surface area contributed by atoms with E-state index in [1.54, 1.807) is 0 Å². The van der Waals surface area contributed by atoms with E-state index in [0.29, 0.717) is 13.1 Å². The maximum Gasteiger partial charge on any atom is 0.0938 e. The molecule has 2 N–H and O–H groups in total. The fourth-order valence-electron chi connectivity index (χ4n) is 1.11. The highest BCUT2D eigenvalue weighted by Gasteiger charge is 2.27. The van der Waals surface area contributed by atoms with Crippen LogP contribution in [-0.4, -0.2) is 47.0 Å². The highest BCUT2D eigenvalue weighted by molar-refractivity contribution is 4.81. The van der Waals surface area contributed by atoms with Gasteiger partial charge in [-0.1, -0.05) is 6.92 Å². The summed E-state index contributed by atoms with van der Waals surface area (Å²) in [5.74, 6) is 0. The summed E-state index contributed by atoms with van der Waals surface area (Å²) in [5, 5.41) is 18.0. The zero-order valence-electron chi connectivity index (χ0n) is 5.62. The Hall–Kier alpha value is -0.120. The summed E-state index contributed by atoms with van der Waals surface area (Å²) >= 11 is 0. The predicted octanol–water partition coefficient (Wildman–Crippen LogP) is -0.956. The average molecular weight is 131 g/mol. The lowest BCUT2D eigenvalue weighted by Gasteiger charge is -2.08. The molecule has 1 fully saturated rings. The summed E-state index contributed by atoms with van der Waals surface area (Å²) in [5.41, 5.74) is 0. The second-order valence-corrected chi connectivity index (χ2v) is 2.49. The lowest BCUT2D eigenvalue weighted by Crippen LogP contribution is -2.22. The number of nitrogens with zero attached hydrogens (tertiary/aromatic N) is 1. The van der Waals surface area contributed by atoms with Crippen molar-refractivity contribution < 1.29 is 10.2 Å². The molecule has 9 heavy (non-hydrogen) atoms. The molecule has 0 spiro atoms. The molecule has 1 aliphatic rings. The molecule has 2 unspecified atom stereocenters. The molecular formula is C6H13NO2. The molecule has 3 nitrogen and oxygen atoms in total. The first kappa shape index (κ1) is 6.99. The minimum Gasteiger partial charge on any atom is -0.389 e. The van der Waals surface area contributed by atoms with Crippen molar-refractivity contribution in [3.05, 3.63) is 0 Å². The average Bonchev–Trinajstić information content (AvgIpc) is 2.13. The third kappa shape index (κ3) is 1.41. The fourth-order valence-corrected chi connectivity index (χ4v) is 1.11. The van der Waals surface area contributed by atoms with Crippen LogP contribution in [0, 0.1) is 0 Å². The fraction of sp³-hybridized carbons (Fsp3) is 1.00. The number of aliphatic hydroxyl groups excluding tert-OH is 2. The van der Waals surface area contributed by atoms with Gasteiger partial charge in [-0.25, -0.2) is 0 Å². The number of rotatable bonds is 1. The Labute approximate surface area is 54.9 Å². The van der Waals surface area contributed by atoms with Gasteiger partial charge in [0.2, 0.25) is 0 Å². The number of β-amino-alcohol motifs (C(OH)–C–C–N with tert-alkyl or cyclic N) is 2. The molecule has 0 aliphatic carbocycles. The number of aliphatic hydroxyl groups is 2. The van der Waals surface area contributed by atoms with Crippen molar-refractivity contribution in [1.82, 2.24) is 4.90 Å². The molecule has 0 aromatic heterocycles. The van der Waals surface area contributed by atoms with Crippen molar-refractivity contribution >= 4 is 0 Å². The van der Waals surface area contributed by atoms with Crippen molar-refractivity contribution in [2.45, 2.75) is 19.1 Å². The minimum absolute atomic E-state index is 0.523. The standard InChI is InChI=1S/C6H13NO2/c1-2-7-3-5(8)6(9)4-7/h5-6,8-9H,2-4H2,1H3. The molecule has 0 aromatic rings. The summed E-state index contributed by atoms with van der Waals surface area (Å²) in [6.07, 6.45) is -1.05. The van der Waals surface area contributed by atoms with E-state index in [0.717, 1.165) is 6.54 Å². The zero-order chi connectivity index (χ0) is 6.85. The van der Waals surface area contributed by atoms with E-state index in [-0.39, 0.29) is 0 Å². The monoisotopic (exact) mass is 131 g/mol. The summed E-state index contributed by atoms with van der Waals surface area (Å²) < 4.78 is 0. The van der Waals surface area contributed by atoms with Crippen molar-refractivity contribution in [3.63, 3.8) is 0 Å². The minimum atomic E-state index is -0.523. The molecule has 1 aliphatic heterocycles. The lowest BCUT2D eigenvalue weighted by atomic mass is 10.3. The molecule has 1 rings (SSSR count). The van der Waals surface area contributed by atoms with Crippen LogP contribution in [0.15, 0.2) is 0 Å². The zero-order valence-corrected chi connectivity index (χ0v) is 5.62. The summed E-state index contributed by atoms with van der Waals surface area (Å²) in [6.45, 7) is 4.17. The van der Waals surface area contributed by atoms with Gasteiger partial charge >= 0.3 is 0 Å². The summed E-state index contributed by atoms with van der Waals surface area (Å²) in [6, 6.07) is 0. The van der Waals surface area contributed by atoms with E-state index in [9.17, 15) is 0 Å². The SMILES string of the molecule is CCN1CC(O)C(O)C1. The van der Waals surface area contributed by atoms with Crippen LogP contribution in [0.2, 0.25) is 0 Å². The first-order valence-electron chi connectivity index (χ1n) is 3.32. The van der Waals surface area contributed by atoms with Crippen LogP contribution in [0.3, 0.4) is 0 Å². The van der Waals surface area contributed by atoms with Crippen LogP contribution in [0.25, 0.3) is 0 Å². The van der Waals surface area contributed by atoms with Crippen LogP contribution in [-0.2, 0) is 0 Å². The van der Waals surface area contributed by atoms with Gasteiger partial charge in [0, 0.05) is 13.1 Å². The Bertz CT molecular complexity index is 87.1. The van der Waals surface area contributed by atoms with Crippen molar-refractivity contribution in [2.75, 3.05) is 19.6 Å². The van der Waals surface area contributed by atoms with E-state index in [4.69, 9.17) is 10.2 Å². The maximum atomic E-state index is 9.01. The maximum absolute atomic E-state index is 9.01. The van der Waals surface area contributed by atoms with E-state index in [2.05, 4.69) is 0 Å². The molecule has 1 heterocycles. The Morgan fingerprint density at radius 2 is 1.78 bits per heavy atom. The van der Waals surface area contributed by atoms with Crippen molar-refractivity contribution in [2.24, 2.45) is 0 Å². The molecule has 3 heteroatoms. The first-order valence-corrected chi connectivity index (χ1v) is 3.32. The first-order chi connectivity index (χ1) is 4.24. The number of likely N-dealkylation sites (tertiary alicyclic amines) is 1. The molecule has 0 amide bonds. The molecule has 0 radical (unpaired) electrons. The number of likely N-dealkylation sites (N-methyl/N-ethyl adjacent to an activating group) is 1. The van der Waals surface area contributed by atoms with E-state index in [1.165, 1.54) is 0 Å². The smallest absolute Gasteiger partial charge is 0.0938 e. The van der Waals surface area contributed by atoms with E-state index >= 15 is 0 Å². The molecule has 2 atom stereocenters. The molecule has 1 saturated heterocycles. The second kappa shape index (κ2) is 2.64. The Morgan fingerprint density at radius 1 is 1.33 bits per heavy atom. The predicted molar refractivity (Wildman–Crippen MR) is 34.1 cm³/mol. The van der Waals surface area contributed by atoms with Gasteiger partial charge in [0.05, 0.1) is 12.2 Å². The van der Waals surface area contributed by atoms with Gasteiger partial charge in [0.1, 0.15) is 0 Å². The number of hydrogen-bond acceptors (Lipinski definition) is 3. The van der Waals surface area contributed by atoms with Crippen molar-refractivity contribution in [1.29, 1.82) is 0 Å². The molecule has 0 aromatic carbocycles. The van der Waals surface area contributed by atoms with Crippen LogP contribution in [0.4, 0.5) is 0 Å². The molecule has 0 saturated carbocycles. The van der Waals surface area contributed by atoms with E-state index in [1.807, 2.05) is 11.8 Å². The van der Waals surface area contributed by atoms with Crippen molar-refractivity contribution in [3.8, 4) is 0 Å². The topological polar surface area (TPSA) is 43.7 Å². The van der Waals surface area contributed by atoms with Gasteiger partial charge in [-0.05, 0) is 6.54 Å². The Kier molecular flexibility index (Phi) is 2.05. The highest BCUT2D eigenvalue weighted by Crippen LogP contribution is 2.07. The van der Waals surface area contributed by atoms with Gasteiger partial charge in [-0.15, -0.1) is 0 Å².